The van der Waals surface area contributed by atoms with Crippen molar-refractivity contribution in [2.75, 3.05) is 33.4 Å². The lowest BCUT2D eigenvalue weighted by Gasteiger charge is -2.09. The van der Waals surface area contributed by atoms with Crippen LogP contribution < -0.4 is 0 Å². The van der Waals surface area contributed by atoms with E-state index in [2.05, 4.69) is 9.64 Å². The van der Waals surface area contributed by atoms with E-state index in [4.69, 9.17) is 4.74 Å². The van der Waals surface area contributed by atoms with Gasteiger partial charge in [0.1, 0.15) is 0 Å². The fourth-order valence-corrected chi connectivity index (χ4v) is 1.75. The fraction of sp³-hybridized carbons (Fsp3) is 0.462. The Balaban J connectivity index is 0.000000134. The molecule has 2 unspecified atom stereocenters. The zero-order valence-electron chi connectivity index (χ0n) is 9.96. The number of hydrogen-bond donors (Lipinski definition) is 0. The summed E-state index contributed by atoms with van der Waals surface area (Å²) in [5.41, 5.74) is 0.588. The zero-order chi connectivity index (χ0) is 12.1. The number of morpholine rings is 1. The lowest BCUT2D eigenvalue weighted by Crippen LogP contribution is -2.20. The van der Waals surface area contributed by atoms with Crippen molar-refractivity contribution in [3.63, 3.8) is 0 Å². The van der Waals surface area contributed by atoms with Gasteiger partial charge in [-0.3, -0.25) is 4.90 Å². The topological polar surface area (TPSA) is 38.5 Å². The van der Waals surface area contributed by atoms with Gasteiger partial charge in [0.05, 0.1) is 25.9 Å². The van der Waals surface area contributed by atoms with Gasteiger partial charge in [0, 0.05) is 19.1 Å². The molecule has 92 valence electrons. The number of hydrogen-bond acceptors (Lipinski definition) is 4. The first-order valence-corrected chi connectivity index (χ1v) is 5.76. The van der Waals surface area contributed by atoms with Crippen LogP contribution in [0.1, 0.15) is 10.4 Å². The monoisotopic (exact) mass is 235 g/mol. The van der Waals surface area contributed by atoms with Crippen LogP contribution in [0, 0.1) is 0 Å². The van der Waals surface area contributed by atoms with Gasteiger partial charge >= 0.3 is 5.97 Å². The molecule has 4 heteroatoms. The maximum Gasteiger partial charge on any atom is 0.337 e. The smallest absolute Gasteiger partial charge is 0.337 e. The van der Waals surface area contributed by atoms with E-state index in [1.165, 1.54) is 20.2 Å². The molecule has 17 heavy (non-hydrogen) atoms. The third-order valence-electron chi connectivity index (χ3n) is 2.86. The first kappa shape index (κ1) is 12.1. The highest BCUT2D eigenvalue weighted by Gasteiger charge is 2.35. The molecule has 0 spiro atoms. The standard InChI is InChI=1S/C8H8O2.C5H9NO/c1-10-8(9)7-5-3-2-4-6-7;1-2-7-4-5-3-6(1)5/h2-6H,1H3;5H,1-4H2. The summed E-state index contributed by atoms with van der Waals surface area (Å²) in [4.78, 5) is 13.2. The lowest BCUT2D eigenvalue weighted by molar-refractivity contribution is 0.0600. The summed E-state index contributed by atoms with van der Waals surface area (Å²) in [6, 6.07) is 9.69. The molecule has 2 heterocycles. The molecule has 0 radical (unpaired) electrons. The molecule has 0 saturated carbocycles. The van der Waals surface area contributed by atoms with E-state index in [9.17, 15) is 4.79 Å². The molecule has 2 aliphatic rings. The van der Waals surface area contributed by atoms with Crippen LogP contribution in [-0.4, -0.2) is 50.3 Å². The third-order valence-corrected chi connectivity index (χ3v) is 2.86. The van der Waals surface area contributed by atoms with Crippen LogP contribution in [0.3, 0.4) is 0 Å². The van der Waals surface area contributed by atoms with Crippen molar-refractivity contribution in [3.8, 4) is 0 Å². The van der Waals surface area contributed by atoms with Gasteiger partial charge in [0.15, 0.2) is 0 Å². The van der Waals surface area contributed by atoms with E-state index in [1.54, 1.807) is 24.3 Å². The van der Waals surface area contributed by atoms with Crippen LogP contribution in [-0.2, 0) is 9.47 Å². The predicted molar refractivity (Wildman–Crippen MR) is 64.0 cm³/mol. The van der Waals surface area contributed by atoms with Crippen molar-refractivity contribution < 1.29 is 14.3 Å². The highest BCUT2D eigenvalue weighted by Crippen LogP contribution is 2.19. The molecule has 2 fully saturated rings. The molecule has 0 N–H and O–H groups in total. The summed E-state index contributed by atoms with van der Waals surface area (Å²) in [7, 11) is 1.37. The maximum atomic E-state index is 10.8. The van der Waals surface area contributed by atoms with Gasteiger partial charge in [-0.1, -0.05) is 18.2 Å². The molecule has 2 aliphatic heterocycles. The van der Waals surface area contributed by atoms with E-state index in [0.29, 0.717) is 5.56 Å². The molecule has 2 atom stereocenters. The normalized spacial score (nSPS) is 25.0. The van der Waals surface area contributed by atoms with E-state index < -0.39 is 0 Å². The van der Waals surface area contributed by atoms with Gasteiger partial charge in [-0.15, -0.1) is 0 Å². The molecule has 0 amide bonds. The Morgan fingerprint density at radius 2 is 2.18 bits per heavy atom. The van der Waals surface area contributed by atoms with Gasteiger partial charge < -0.3 is 9.47 Å². The van der Waals surface area contributed by atoms with Gasteiger partial charge in [-0.2, -0.15) is 0 Å². The molecule has 4 nitrogen and oxygen atoms in total. The van der Waals surface area contributed by atoms with Crippen LogP contribution in [0.2, 0.25) is 0 Å². The second-order valence-electron chi connectivity index (χ2n) is 4.08. The number of rotatable bonds is 1. The number of fused-ring (bicyclic) bond motifs is 1. The maximum absolute atomic E-state index is 10.8. The molecule has 0 aliphatic carbocycles. The lowest BCUT2D eigenvalue weighted by atomic mass is 10.2. The average molecular weight is 235 g/mol. The first-order chi connectivity index (χ1) is 8.31. The third kappa shape index (κ3) is 3.54. The van der Waals surface area contributed by atoms with Crippen molar-refractivity contribution >= 4 is 5.97 Å². The molecule has 0 bridgehead atoms. The second-order valence-corrected chi connectivity index (χ2v) is 4.08. The highest BCUT2D eigenvalue weighted by atomic mass is 16.5. The summed E-state index contributed by atoms with van der Waals surface area (Å²) >= 11 is 0. The summed E-state index contributed by atoms with van der Waals surface area (Å²) in [5.74, 6) is -0.291. The van der Waals surface area contributed by atoms with E-state index in [0.717, 1.165) is 19.3 Å². The fourth-order valence-electron chi connectivity index (χ4n) is 1.75. The number of ether oxygens (including phenoxy) is 2. The van der Waals surface area contributed by atoms with Crippen molar-refractivity contribution in [2.45, 2.75) is 6.04 Å². The van der Waals surface area contributed by atoms with Crippen LogP contribution in [0.25, 0.3) is 0 Å². The van der Waals surface area contributed by atoms with E-state index in [1.807, 2.05) is 6.07 Å². The van der Waals surface area contributed by atoms with Gasteiger partial charge in [0.2, 0.25) is 0 Å². The molecule has 0 aromatic heterocycles. The molecule has 1 aromatic rings. The zero-order valence-corrected chi connectivity index (χ0v) is 9.96. The summed E-state index contributed by atoms with van der Waals surface area (Å²) in [6.45, 7) is 4.40. The number of methoxy groups -OCH3 is 1. The number of carbonyl (C=O) groups is 1. The Bertz CT molecular complexity index is 356. The van der Waals surface area contributed by atoms with Gasteiger partial charge in [-0.25, -0.2) is 4.79 Å². The van der Waals surface area contributed by atoms with E-state index >= 15 is 0 Å². The van der Waals surface area contributed by atoms with Crippen LogP contribution >= 0.6 is 0 Å². The Labute approximate surface area is 101 Å². The Kier molecular flexibility index (Phi) is 4.12. The Hall–Kier alpha value is -1.39. The van der Waals surface area contributed by atoms with E-state index in [-0.39, 0.29) is 5.97 Å². The SMILES string of the molecule is C1CN2CC2CO1.COC(=O)c1ccccc1. The molecular weight excluding hydrogens is 218 g/mol. The van der Waals surface area contributed by atoms with Crippen molar-refractivity contribution in [1.82, 2.24) is 4.90 Å². The van der Waals surface area contributed by atoms with Crippen molar-refractivity contribution in [2.24, 2.45) is 0 Å². The van der Waals surface area contributed by atoms with Crippen molar-refractivity contribution in [1.29, 1.82) is 0 Å². The summed E-state index contributed by atoms with van der Waals surface area (Å²) in [5, 5.41) is 0. The van der Waals surface area contributed by atoms with Crippen molar-refractivity contribution in [3.05, 3.63) is 35.9 Å². The average Bonchev–Trinajstić information content (AvgIpc) is 3.19. The highest BCUT2D eigenvalue weighted by molar-refractivity contribution is 5.89. The van der Waals surface area contributed by atoms with Gasteiger partial charge in [-0.05, 0) is 12.1 Å². The molecular formula is C13H17NO3. The van der Waals surface area contributed by atoms with Gasteiger partial charge in [0.25, 0.3) is 0 Å². The Morgan fingerprint density at radius 3 is 2.71 bits per heavy atom. The first-order valence-electron chi connectivity index (χ1n) is 5.76. The minimum absolute atomic E-state index is 0.291. The molecule has 1 aromatic carbocycles. The second kappa shape index (κ2) is 5.80. The largest absolute Gasteiger partial charge is 0.465 e. The number of esters is 1. The quantitative estimate of drug-likeness (QED) is 0.541. The minimum Gasteiger partial charge on any atom is -0.465 e. The van der Waals surface area contributed by atoms with Crippen LogP contribution in [0.4, 0.5) is 0 Å². The number of benzene rings is 1. The molecule has 3 rings (SSSR count). The summed E-state index contributed by atoms with van der Waals surface area (Å²) < 4.78 is 9.68. The van der Waals surface area contributed by atoms with Crippen LogP contribution in [0.15, 0.2) is 30.3 Å². The summed E-state index contributed by atoms with van der Waals surface area (Å²) in [6.07, 6.45) is 0. The molecule has 2 saturated heterocycles. The van der Waals surface area contributed by atoms with Crippen LogP contribution in [0.5, 0.6) is 0 Å². The predicted octanol–water partition coefficient (Wildman–Crippen LogP) is 1.17. The Morgan fingerprint density at radius 1 is 1.41 bits per heavy atom. The number of carbonyl (C=O) groups excluding carboxylic acids is 1. The number of nitrogens with zero attached hydrogens (tertiary/aromatic N) is 1. The minimum atomic E-state index is -0.291.